The number of hydrogen-bond donors (Lipinski definition) is 3. The monoisotopic (exact) mass is 189 g/mol. The van der Waals surface area contributed by atoms with E-state index in [0.717, 1.165) is 19.3 Å². The van der Waals surface area contributed by atoms with Crippen LogP contribution in [0.25, 0.3) is 0 Å². The van der Waals surface area contributed by atoms with Crippen LogP contribution >= 0.6 is 0 Å². The lowest BCUT2D eigenvalue weighted by molar-refractivity contribution is -0.143. The average molecular weight is 189 g/mol. The van der Waals surface area contributed by atoms with Gasteiger partial charge in [0.25, 0.3) is 0 Å². The summed E-state index contributed by atoms with van der Waals surface area (Å²) in [5.74, 6) is -0.244. The Balaban J connectivity index is 3.73. The number of carbonyl (C=O) groups excluding carboxylic acids is 1. The van der Waals surface area contributed by atoms with Crippen molar-refractivity contribution in [2.24, 2.45) is 5.73 Å². The molecule has 0 saturated carbocycles. The molecule has 0 aliphatic carbocycles. The fourth-order valence-corrected chi connectivity index (χ4v) is 1.06. The number of ether oxygens (including phenoxy) is 1. The van der Waals surface area contributed by atoms with Crippen LogP contribution in [0.4, 0.5) is 0 Å². The normalized spacial score (nSPS) is 12.5. The third kappa shape index (κ3) is 5.57. The van der Waals surface area contributed by atoms with Gasteiger partial charge in [-0.1, -0.05) is 0 Å². The molecule has 0 radical (unpaired) electrons. The largest absolute Gasteiger partial charge is 0.468 e. The molecule has 5 heteroatoms. The van der Waals surface area contributed by atoms with Crippen LogP contribution in [0.15, 0.2) is 0 Å². The minimum absolute atomic E-state index is 0.244. The molecule has 0 saturated heterocycles. The molecule has 0 fully saturated rings. The highest BCUT2D eigenvalue weighted by Crippen LogP contribution is 2.00. The second-order valence-corrected chi connectivity index (χ2v) is 2.75. The second kappa shape index (κ2) is 7.97. The molecule has 0 aliphatic rings. The number of nitrogens with one attached hydrogen (secondary N) is 2. The van der Waals surface area contributed by atoms with Crippen LogP contribution in [-0.4, -0.2) is 32.7 Å². The Bertz CT molecular complexity index is 141. The first kappa shape index (κ1) is 12.3. The van der Waals surface area contributed by atoms with E-state index < -0.39 is 0 Å². The van der Waals surface area contributed by atoms with E-state index in [2.05, 4.69) is 15.6 Å². The molecule has 0 heterocycles. The summed E-state index contributed by atoms with van der Waals surface area (Å²) in [7, 11) is 3.11. The van der Waals surface area contributed by atoms with Gasteiger partial charge in [-0.3, -0.25) is 10.2 Å². The molecule has 0 aromatic heterocycles. The van der Waals surface area contributed by atoms with Crippen molar-refractivity contribution in [1.29, 1.82) is 0 Å². The third-order valence-corrected chi connectivity index (χ3v) is 1.75. The summed E-state index contributed by atoms with van der Waals surface area (Å²) in [6.45, 7) is 0.660. The number of nitrogens with two attached hydrogens (primary N) is 1. The van der Waals surface area contributed by atoms with Gasteiger partial charge >= 0.3 is 5.97 Å². The Labute approximate surface area is 79.0 Å². The van der Waals surface area contributed by atoms with E-state index >= 15 is 0 Å². The molecule has 4 N–H and O–H groups in total. The SMILES string of the molecule is CNN[C@@H](CCCCN)C(=O)OC. The molecule has 5 nitrogen and oxygen atoms in total. The molecule has 0 unspecified atom stereocenters. The van der Waals surface area contributed by atoms with E-state index in [1.807, 2.05) is 0 Å². The molecule has 0 spiro atoms. The fourth-order valence-electron chi connectivity index (χ4n) is 1.06. The quantitative estimate of drug-likeness (QED) is 0.283. The van der Waals surface area contributed by atoms with Gasteiger partial charge in [-0.15, -0.1) is 0 Å². The number of hydrogen-bond acceptors (Lipinski definition) is 5. The molecule has 0 aliphatic heterocycles. The van der Waals surface area contributed by atoms with Gasteiger partial charge in [-0.05, 0) is 32.9 Å². The van der Waals surface area contributed by atoms with Crippen LogP contribution in [0.5, 0.6) is 0 Å². The first-order valence-electron chi connectivity index (χ1n) is 4.46. The van der Waals surface area contributed by atoms with Crippen molar-refractivity contribution < 1.29 is 9.53 Å². The topological polar surface area (TPSA) is 76.4 Å². The lowest BCUT2D eigenvalue weighted by Gasteiger charge is -2.14. The lowest BCUT2D eigenvalue weighted by Crippen LogP contribution is -2.44. The van der Waals surface area contributed by atoms with Crippen molar-refractivity contribution in [3.05, 3.63) is 0 Å². The second-order valence-electron chi connectivity index (χ2n) is 2.75. The maximum Gasteiger partial charge on any atom is 0.324 e. The van der Waals surface area contributed by atoms with E-state index in [9.17, 15) is 4.79 Å². The first-order chi connectivity index (χ1) is 6.26. The Morgan fingerprint density at radius 2 is 2.23 bits per heavy atom. The number of esters is 1. The average Bonchev–Trinajstić information content (AvgIpc) is 2.16. The van der Waals surface area contributed by atoms with E-state index in [4.69, 9.17) is 5.73 Å². The van der Waals surface area contributed by atoms with Crippen molar-refractivity contribution >= 4 is 5.97 Å². The van der Waals surface area contributed by atoms with Crippen molar-refractivity contribution in [2.75, 3.05) is 20.7 Å². The van der Waals surface area contributed by atoms with Gasteiger partial charge in [0.15, 0.2) is 0 Å². The molecule has 0 aromatic rings. The van der Waals surface area contributed by atoms with Gasteiger partial charge < -0.3 is 10.5 Å². The number of methoxy groups -OCH3 is 1. The van der Waals surface area contributed by atoms with Crippen LogP contribution < -0.4 is 16.6 Å². The maximum atomic E-state index is 11.1. The summed E-state index contributed by atoms with van der Waals surface area (Å²) in [4.78, 5) is 11.1. The van der Waals surface area contributed by atoms with E-state index in [1.54, 1.807) is 7.05 Å². The lowest BCUT2D eigenvalue weighted by atomic mass is 10.1. The van der Waals surface area contributed by atoms with Crippen LogP contribution in [0.2, 0.25) is 0 Å². The van der Waals surface area contributed by atoms with E-state index in [0.29, 0.717) is 6.54 Å². The maximum absolute atomic E-state index is 11.1. The molecule has 78 valence electrons. The van der Waals surface area contributed by atoms with Crippen molar-refractivity contribution in [1.82, 2.24) is 10.9 Å². The highest BCUT2D eigenvalue weighted by molar-refractivity contribution is 5.75. The van der Waals surface area contributed by atoms with E-state index in [1.165, 1.54) is 7.11 Å². The molecule has 0 aromatic carbocycles. The number of unbranched alkanes of at least 4 members (excludes halogenated alkanes) is 1. The number of rotatable bonds is 7. The standard InChI is InChI=1S/C8H19N3O2/c1-10-11-7(8(12)13-2)5-3-4-6-9/h7,10-11H,3-6,9H2,1-2H3/t7-/m0/s1. The summed E-state index contributed by atoms with van der Waals surface area (Å²) in [5.41, 5.74) is 10.9. The number of hydrazine groups is 1. The van der Waals surface area contributed by atoms with Gasteiger partial charge in [0, 0.05) is 0 Å². The molecule has 0 bridgehead atoms. The smallest absolute Gasteiger partial charge is 0.324 e. The van der Waals surface area contributed by atoms with E-state index in [-0.39, 0.29) is 12.0 Å². The van der Waals surface area contributed by atoms with Crippen LogP contribution in [-0.2, 0) is 9.53 Å². The minimum atomic E-state index is -0.276. The van der Waals surface area contributed by atoms with Gasteiger partial charge in [0.1, 0.15) is 6.04 Å². The summed E-state index contributed by atoms with van der Waals surface area (Å²) >= 11 is 0. The zero-order chi connectivity index (χ0) is 10.1. The zero-order valence-corrected chi connectivity index (χ0v) is 8.30. The van der Waals surface area contributed by atoms with Crippen LogP contribution in [0.1, 0.15) is 19.3 Å². The van der Waals surface area contributed by atoms with Crippen molar-refractivity contribution in [3.63, 3.8) is 0 Å². The predicted molar refractivity (Wildman–Crippen MR) is 50.9 cm³/mol. The molecule has 1 atom stereocenters. The Hall–Kier alpha value is -0.650. The highest BCUT2D eigenvalue weighted by atomic mass is 16.5. The first-order valence-corrected chi connectivity index (χ1v) is 4.46. The summed E-state index contributed by atoms with van der Waals surface area (Å²) in [6, 6.07) is -0.276. The van der Waals surface area contributed by atoms with Gasteiger partial charge in [0.2, 0.25) is 0 Å². The molecular weight excluding hydrogens is 170 g/mol. The molecular formula is C8H19N3O2. The predicted octanol–water partition coefficient (Wildman–Crippen LogP) is -0.619. The molecule has 0 amide bonds. The molecule has 0 rings (SSSR count). The van der Waals surface area contributed by atoms with Crippen LogP contribution in [0, 0.1) is 0 Å². The van der Waals surface area contributed by atoms with Crippen molar-refractivity contribution in [2.45, 2.75) is 25.3 Å². The number of carbonyl (C=O) groups is 1. The summed E-state index contributed by atoms with van der Waals surface area (Å²) in [6.07, 6.45) is 2.59. The Morgan fingerprint density at radius 3 is 2.69 bits per heavy atom. The Morgan fingerprint density at radius 1 is 1.54 bits per heavy atom. The molecule has 13 heavy (non-hydrogen) atoms. The summed E-state index contributed by atoms with van der Waals surface area (Å²) < 4.78 is 4.62. The van der Waals surface area contributed by atoms with Gasteiger partial charge in [0.05, 0.1) is 7.11 Å². The van der Waals surface area contributed by atoms with Crippen molar-refractivity contribution in [3.8, 4) is 0 Å². The Kier molecular flexibility index (Phi) is 7.57. The fraction of sp³-hybridized carbons (Fsp3) is 0.875. The van der Waals surface area contributed by atoms with Gasteiger partial charge in [-0.25, -0.2) is 5.43 Å². The highest BCUT2D eigenvalue weighted by Gasteiger charge is 2.16. The van der Waals surface area contributed by atoms with Gasteiger partial charge in [-0.2, -0.15) is 0 Å². The minimum Gasteiger partial charge on any atom is -0.468 e. The summed E-state index contributed by atoms with van der Waals surface area (Å²) in [5, 5.41) is 0. The van der Waals surface area contributed by atoms with Crippen LogP contribution in [0.3, 0.4) is 0 Å². The third-order valence-electron chi connectivity index (χ3n) is 1.75. The zero-order valence-electron chi connectivity index (χ0n) is 8.30.